The molecule has 0 aliphatic carbocycles. The van der Waals surface area contributed by atoms with Gasteiger partial charge >= 0.3 is 0 Å². The van der Waals surface area contributed by atoms with Gasteiger partial charge in [-0.05, 0) is 12.4 Å². The Balaban J connectivity index is 3.46. The molecule has 0 unspecified atom stereocenters. The molecule has 0 N–H and O–H groups in total. The van der Waals surface area contributed by atoms with Crippen LogP contribution in [0.1, 0.15) is 5.56 Å². The highest BCUT2D eigenvalue weighted by Gasteiger charge is 2.10. The van der Waals surface area contributed by atoms with Crippen molar-refractivity contribution in [1.29, 1.82) is 0 Å². The zero-order chi connectivity index (χ0) is 8.59. The van der Waals surface area contributed by atoms with Gasteiger partial charge in [0.1, 0.15) is 25.3 Å². The summed E-state index contributed by atoms with van der Waals surface area (Å²) in [6.45, 7) is 1.19. The van der Waals surface area contributed by atoms with E-state index in [4.69, 9.17) is 7.85 Å². The fraction of sp³-hybridized carbons (Fsp3) is 0.143. The first-order valence-corrected chi connectivity index (χ1v) is 2.93. The molecule has 56 valence electrons. The molecule has 0 amide bonds. The predicted octanol–water partition coefficient (Wildman–Crippen LogP) is 1.21. The van der Waals surface area contributed by atoms with E-state index >= 15 is 0 Å². The summed E-state index contributed by atoms with van der Waals surface area (Å²) >= 11 is 0. The lowest BCUT2D eigenvalue weighted by molar-refractivity contribution is 0.542. The van der Waals surface area contributed by atoms with E-state index in [1.807, 2.05) is 0 Å². The van der Waals surface area contributed by atoms with Gasteiger partial charge in [0.15, 0.2) is 0 Å². The van der Waals surface area contributed by atoms with E-state index in [0.29, 0.717) is 6.07 Å². The Morgan fingerprint density at radius 2 is 1.73 bits per heavy atom. The fourth-order valence-corrected chi connectivity index (χ4v) is 0.709. The molecule has 0 nitrogen and oxygen atoms in total. The van der Waals surface area contributed by atoms with Gasteiger partial charge < -0.3 is 0 Å². The molecular weight excluding hydrogens is 152 g/mol. The van der Waals surface area contributed by atoms with Gasteiger partial charge in [0, 0.05) is 11.6 Å². The second-order valence-corrected chi connectivity index (χ2v) is 2.19. The predicted molar refractivity (Wildman–Crippen MR) is 36.4 cm³/mol. The molecule has 0 heterocycles. The minimum Gasteiger partial charge on any atom is -0.207 e. The fourth-order valence-electron chi connectivity index (χ4n) is 0.709. The Hall–Kier alpha value is -0.925. The van der Waals surface area contributed by atoms with Crippen LogP contribution in [0.15, 0.2) is 6.07 Å². The molecule has 0 aromatic heterocycles. The lowest BCUT2D eigenvalue weighted by Crippen LogP contribution is -2.16. The van der Waals surface area contributed by atoms with Crippen LogP contribution in [-0.4, -0.2) is 7.85 Å². The van der Waals surface area contributed by atoms with Crippen LogP contribution in [0.25, 0.3) is 0 Å². The molecule has 1 aromatic carbocycles. The van der Waals surface area contributed by atoms with Crippen molar-refractivity contribution in [3.05, 3.63) is 29.1 Å². The minimum atomic E-state index is -1.06. The first-order chi connectivity index (χ1) is 5.04. The van der Waals surface area contributed by atoms with Crippen LogP contribution >= 0.6 is 0 Å². The summed E-state index contributed by atoms with van der Waals surface area (Å²) in [5.74, 6) is -3.01. The first-order valence-electron chi connectivity index (χ1n) is 2.93. The molecule has 0 bridgehead atoms. The smallest absolute Gasteiger partial charge is 0.131 e. The highest BCUT2D eigenvalue weighted by molar-refractivity contribution is 6.32. The topological polar surface area (TPSA) is 0 Å². The van der Waals surface area contributed by atoms with Gasteiger partial charge in [0.05, 0.1) is 0 Å². The molecule has 0 saturated heterocycles. The molecule has 2 radical (unpaired) electrons. The van der Waals surface area contributed by atoms with Crippen molar-refractivity contribution < 1.29 is 13.2 Å². The quantitative estimate of drug-likeness (QED) is 0.495. The first kappa shape index (κ1) is 8.17. The second kappa shape index (κ2) is 2.60. The third kappa shape index (κ3) is 1.25. The molecule has 0 atom stereocenters. The molecule has 0 spiro atoms. The number of benzene rings is 1. The molecule has 11 heavy (non-hydrogen) atoms. The van der Waals surface area contributed by atoms with Crippen LogP contribution in [0.4, 0.5) is 13.2 Å². The van der Waals surface area contributed by atoms with Crippen molar-refractivity contribution in [3.8, 4) is 0 Å². The third-order valence-electron chi connectivity index (χ3n) is 1.43. The van der Waals surface area contributed by atoms with E-state index in [9.17, 15) is 13.2 Å². The average molecular weight is 156 g/mol. The Kier molecular flexibility index (Phi) is 1.93. The summed E-state index contributed by atoms with van der Waals surface area (Å²) in [4.78, 5) is 0. The number of hydrogen-bond donors (Lipinski definition) is 0. The van der Waals surface area contributed by atoms with Crippen LogP contribution in [0.2, 0.25) is 0 Å². The lowest BCUT2D eigenvalue weighted by atomic mass is 9.93. The molecule has 1 rings (SSSR count). The van der Waals surface area contributed by atoms with Gasteiger partial charge in [0.25, 0.3) is 0 Å². The normalized spacial score (nSPS) is 10.2. The van der Waals surface area contributed by atoms with Gasteiger partial charge in [-0.3, -0.25) is 0 Å². The summed E-state index contributed by atoms with van der Waals surface area (Å²) in [7, 11) is 4.93. The van der Waals surface area contributed by atoms with Crippen LogP contribution < -0.4 is 5.46 Å². The van der Waals surface area contributed by atoms with E-state index in [-0.39, 0.29) is 5.56 Å². The SMILES string of the molecule is [B]c1c(F)cc(F)c(C)c1F. The summed E-state index contributed by atoms with van der Waals surface area (Å²) in [5, 5.41) is 0. The highest BCUT2D eigenvalue weighted by Crippen LogP contribution is 2.09. The molecule has 1 aromatic rings. The van der Waals surface area contributed by atoms with E-state index < -0.39 is 22.9 Å². The maximum Gasteiger partial charge on any atom is 0.131 e. The molecule has 0 aliphatic heterocycles. The summed E-state index contributed by atoms with van der Waals surface area (Å²) < 4.78 is 37.5. The minimum absolute atomic E-state index is 0.260. The highest BCUT2D eigenvalue weighted by atomic mass is 19.1. The molecule has 0 fully saturated rings. The lowest BCUT2D eigenvalue weighted by Gasteiger charge is -2.02. The van der Waals surface area contributed by atoms with E-state index in [0.717, 1.165) is 0 Å². The number of rotatable bonds is 0. The third-order valence-corrected chi connectivity index (χ3v) is 1.43. The van der Waals surface area contributed by atoms with Crippen LogP contribution in [0, 0.1) is 24.4 Å². The van der Waals surface area contributed by atoms with Crippen molar-refractivity contribution in [2.45, 2.75) is 6.92 Å². The standard InChI is InChI=1S/C7H4BF3/c1-3-4(9)2-5(10)6(8)7(3)11/h2H,1H3. The summed E-state index contributed by atoms with van der Waals surface area (Å²) in [5.41, 5.74) is -0.896. The zero-order valence-electron chi connectivity index (χ0n) is 5.79. The van der Waals surface area contributed by atoms with E-state index in [2.05, 4.69) is 0 Å². The number of halogens is 3. The Labute approximate surface area is 63.4 Å². The monoisotopic (exact) mass is 156 g/mol. The van der Waals surface area contributed by atoms with Gasteiger partial charge in [0.2, 0.25) is 0 Å². The Bertz CT molecular complexity index is 270. The van der Waals surface area contributed by atoms with Crippen molar-refractivity contribution in [1.82, 2.24) is 0 Å². The molecule has 0 saturated carbocycles. The van der Waals surface area contributed by atoms with E-state index in [1.165, 1.54) is 6.92 Å². The van der Waals surface area contributed by atoms with Gasteiger partial charge in [-0.25, -0.2) is 13.2 Å². The zero-order valence-corrected chi connectivity index (χ0v) is 5.79. The average Bonchev–Trinajstić information content (AvgIpc) is 1.97. The molecular formula is C7H4BF3. The van der Waals surface area contributed by atoms with E-state index in [1.54, 1.807) is 0 Å². The van der Waals surface area contributed by atoms with Gasteiger partial charge in [-0.2, -0.15) is 0 Å². The second-order valence-electron chi connectivity index (χ2n) is 2.19. The summed E-state index contributed by atoms with van der Waals surface area (Å²) in [6, 6.07) is 0.563. The number of hydrogen-bond acceptors (Lipinski definition) is 0. The van der Waals surface area contributed by atoms with Gasteiger partial charge in [-0.1, -0.05) is 0 Å². The van der Waals surface area contributed by atoms with Crippen LogP contribution in [-0.2, 0) is 0 Å². The maximum absolute atomic E-state index is 12.6. The van der Waals surface area contributed by atoms with Crippen molar-refractivity contribution >= 4 is 13.3 Å². The largest absolute Gasteiger partial charge is 0.207 e. The summed E-state index contributed by atoms with van der Waals surface area (Å²) in [6.07, 6.45) is 0. The van der Waals surface area contributed by atoms with Crippen molar-refractivity contribution in [2.75, 3.05) is 0 Å². The van der Waals surface area contributed by atoms with Crippen molar-refractivity contribution in [3.63, 3.8) is 0 Å². The van der Waals surface area contributed by atoms with Crippen molar-refractivity contribution in [2.24, 2.45) is 0 Å². The van der Waals surface area contributed by atoms with Crippen LogP contribution in [0.5, 0.6) is 0 Å². The molecule has 4 heteroatoms. The van der Waals surface area contributed by atoms with Crippen LogP contribution in [0.3, 0.4) is 0 Å². The Morgan fingerprint density at radius 1 is 1.18 bits per heavy atom. The van der Waals surface area contributed by atoms with Gasteiger partial charge in [-0.15, -0.1) is 0 Å². The maximum atomic E-state index is 12.6. The Morgan fingerprint density at radius 3 is 2.27 bits per heavy atom. The molecule has 0 aliphatic rings.